The lowest BCUT2D eigenvalue weighted by Gasteiger charge is -2.43. The van der Waals surface area contributed by atoms with Crippen molar-refractivity contribution in [3.05, 3.63) is 108 Å². The summed E-state index contributed by atoms with van der Waals surface area (Å²) in [6.07, 6.45) is -6.55. The minimum atomic E-state index is -4.90. The Kier molecular flexibility index (Phi) is 8.48. The van der Waals surface area contributed by atoms with Crippen molar-refractivity contribution in [2.24, 2.45) is 0 Å². The highest BCUT2D eigenvalue weighted by Gasteiger charge is 2.50. The molecule has 0 saturated carbocycles. The number of hydrogen-bond donors (Lipinski definition) is 1. The topological polar surface area (TPSA) is 51.6 Å². The number of benzene rings is 3. The van der Waals surface area contributed by atoms with E-state index in [2.05, 4.69) is 4.98 Å². The molecular weight excluding hydrogens is 538 g/mol. The molecule has 0 aliphatic carbocycles. The number of alkyl halides is 3. The number of aliphatic hydroxyl groups excluding tert-OH is 1. The molecule has 1 atom stereocenters. The summed E-state index contributed by atoms with van der Waals surface area (Å²) in [4.78, 5) is 3.76. The van der Waals surface area contributed by atoms with Gasteiger partial charge < -0.3 is 14.3 Å². The molecule has 1 aromatic heterocycles. The van der Waals surface area contributed by atoms with Gasteiger partial charge in [-0.25, -0.2) is 9.37 Å². The molecule has 4 aromatic rings. The summed E-state index contributed by atoms with van der Waals surface area (Å²) in [7, 11) is -1.74. The minimum Gasteiger partial charge on any atom is -0.497 e. The first-order chi connectivity index (χ1) is 18.9. The Morgan fingerprint density at radius 2 is 1.43 bits per heavy atom. The van der Waals surface area contributed by atoms with Gasteiger partial charge in [0, 0.05) is 11.1 Å². The summed E-state index contributed by atoms with van der Waals surface area (Å²) in [6.45, 7) is 5.70. The average Bonchev–Trinajstić information content (AvgIpc) is 2.93. The van der Waals surface area contributed by atoms with Crippen molar-refractivity contribution in [1.29, 1.82) is 0 Å². The lowest BCUT2D eigenvalue weighted by atomic mass is 10.0. The number of methoxy groups -OCH3 is 1. The van der Waals surface area contributed by atoms with Crippen LogP contribution in [-0.4, -0.2) is 32.1 Å². The van der Waals surface area contributed by atoms with Gasteiger partial charge in [0.1, 0.15) is 17.7 Å². The van der Waals surface area contributed by atoms with Crippen molar-refractivity contribution >= 4 is 18.7 Å². The van der Waals surface area contributed by atoms with E-state index in [1.807, 2.05) is 81.4 Å². The fraction of sp³-hybridized carbons (Fsp3) is 0.258. The third-order valence-corrected chi connectivity index (χ3v) is 11.9. The van der Waals surface area contributed by atoms with Crippen molar-refractivity contribution in [3.63, 3.8) is 0 Å². The van der Waals surface area contributed by atoms with Crippen molar-refractivity contribution in [2.45, 2.75) is 38.1 Å². The number of ether oxygens (including phenoxy) is 1. The van der Waals surface area contributed by atoms with E-state index in [1.54, 1.807) is 0 Å². The molecule has 0 fully saturated rings. The Morgan fingerprint density at radius 3 is 1.93 bits per heavy atom. The third kappa shape index (κ3) is 5.82. The molecule has 0 aliphatic heterocycles. The Balaban J connectivity index is 1.76. The zero-order valence-electron chi connectivity index (χ0n) is 22.7. The van der Waals surface area contributed by atoms with Crippen LogP contribution in [0.4, 0.5) is 17.6 Å². The predicted octanol–water partition coefficient (Wildman–Crippen LogP) is 6.53. The molecule has 0 unspecified atom stereocenters. The summed E-state index contributed by atoms with van der Waals surface area (Å²) in [5, 5.41) is 12.6. The molecule has 210 valence electrons. The molecule has 0 saturated heterocycles. The molecule has 40 heavy (non-hydrogen) atoms. The highest BCUT2D eigenvalue weighted by atomic mass is 28.4. The molecule has 0 radical (unpaired) electrons. The molecule has 4 nitrogen and oxygen atoms in total. The van der Waals surface area contributed by atoms with Crippen LogP contribution < -0.4 is 15.1 Å². The summed E-state index contributed by atoms with van der Waals surface area (Å²) >= 11 is 0. The van der Waals surface area contributed by atoms with E-state index < -0.39 is 49.3 Å². The smallest absolute Gasteiger partial charge is 0.433 e. The first kappa shape index (κ1) is 29.4. The van der Waals surface area contributed by atoms with Gasteiger partial charge in [0.15, 0.2) is 5.69 Å². The molecule has 0 aliphatic rings. The second-order valence-corrected chi connectivity index (χ2v) is 14.8. The van der Waals surface area contributed by atoms with Gasteiger partial charge in [-0.3, -0.25) is 0 Å². The van der Waals surface area contributed by atoms with E-state index in [4.69, 9.17) is 9.16 Å². The fourth-order valence-corrected chi connectivity index (χ4v) is 9.56. The normalized spacial score (nSPS) is 13.2. The van der Waals surface area contributed by atoms with Crippen LogP contribution >= 0.6 is 0 Å². The van der Waals surface area contributed by atoms with Crippen LogP contribution in [0, 0.1) is 5.82 Å². The second kappa shape index (κ2) is 11.5. The highest BCUT2D eigenvalue weighted by molar-refractivity contribution is 6.99. The first-order valence-electron chi connectivity index (χ1n) is 12.7. The zero-order chi connectivity index (χ0) is 29.1. The number of pyridine rings is 1. The lowest BCUT2D eigenvalue weighted by Crippen LogP contribution is -2.66. The van der Waals surface area contributed by atoms with E-state index in [0.717, 1.165) is 22.5 Å². The van der Waals surface area contributed by atoms with Gasteiger partial charge in [-0.05, 0) is 39.7 Å². The van der Waals surface area contributed by atoms with Crippen molar-refractivity contribution in [1.82, 2.24) is 4.98 Å². The molecule has 1 heterocycles. The zero-order valence-corrected chi connectivity index (χ0v) is 23.7. The molecule has 1 N–H and O–H groups in total. The molecule has 3 aromatic carbocycles. The Labute approximate surface area is 232 Å². The van der Waals surface area contributed by atoms with Crippen LogP contribution in [0.2, 0.25) is 5.04 Å². The van der Waals surface area contributed by atoms with E-state index in [0.29, 0.717) is 0 Å². The van der Waals surface area contributed by atoms with Crippen LogP contribution in [-0.2, 0) is 10.6 Å². The maximum atomic E-state index is 14.5. The molecular formula is C31H31F4NO3Si. The van der Waals surface area contributed by atoms with Crippen LogP contribution in [0.15, 0.2) is 91.0 Å². The van der Waals surface area contributed by atoms with E-state index >= 15 is 0 Å². The largest absolute Gasteiger partial charge is 0.497 e. The first-order valence-corrected chi connectivity index (χ1v) is 14.6. The number of hydrogen-bond acceptors (Lipinski definition) is 4. The monoisotopic (exact) mass is 569 g/mol. The fourth-order valence-electron chi connectivity index (χ4n) is 5.00. The summed E-state index contributed by atoms with van der Waals surface area (Å²) in [5.41, 5.74) is -2.12. The standard InChI is InChI=1S/C31H31F4NO3Si/c1-30(2,3)40(22-11-7-5-8-12-22,23-13-9-6-10-14-23)39-20-28(37)24-16-18-27(36-29(24)31(33,34)35)25-19-21(38-4)15-17-26(25)32/h5-19,28,37H,20H2,1-4H3/t28-/m1/s1. The molecule has 4 rings (SSSR count). The maximum absolute atomic E-state index is 14.5. The van der Waals surface area contributed by atoms with Gasteiger partial charge in [-0.1, -0.05) is 87.5 Å². The predicted molar refractivity (Wildman–Crippen MR) is 150 cm³/mol. The number of halogens is 4. The van der Waals surface area contributed by atoms with E-state index in [1.165, 1.54) is 25.3 Å². The summed E-state index contributed by atoms with van der Waals surface area (Å²) < 4.78 is 68.9. The Morgan fingerprint density at radius 1 is 0.850 bits per heavy atom. The highest BCUT2D eigenvalue weighted by Crippen LogP contribution is 2.39. The van der Waals surface area contributed by atoms with Crippen molar-refractivity contribution < 1.29 is 31.8 Å². The number of rotatable bonds is 8. The van der Waals surface area contributed by atoms with Crippen LogP contribution in [0.3, 0.4) is 0 Å². The van der Waals surface area contributed by atoms with Crippen molar-refractivity contribution in [3.8, 4) is 17.0 Å². The van der Waals surface area contributed by atoms with Gasteiger partial charge in [-0.2, -0.15) is 13.2 Å². The Bertz CT molecular complexity index is 1400. The van der Waals surface area contributed by atoms with E-state index in [-0.39, 0.29) is 17.0 Å². The molecule has 0 amide bonds. The SMILES string of the molecule is COc1ccc(F)c(-c2ccc([C@H](O)CO[Si](c3ccccc3)(c3ccccc3)C(C)(C)C)c(C(F)(F)F)n2)c1. The number of aromatic nitrogens is 1. The number of aliphatic hydroxyl groups is 1. The number of nitrogens with zero attached hydrogens (tertiary/aromatic N) is 1. The maximum Gasteiger partial charge on any atom is 0.433 e. The van der Waals surface area contributed by atoms with Gasteiger partial charge in [0.2, 0.25) is 0 Å². The average molecular weight is 570 g/mol. The second-order valence-electron chi connectivity index (χ2n) is 10.5. The van der Waals surface area contributed by atoms with Gasteiger partial charge in [-0.15, -0.1) is 0 Å². The molecule has 9 heteroatoms. The minimum absolute atomic E-state index is 0.144. The van der Waals surface area contributed by atoms with Crippen LogP contribution in [0.1, 0.15) is 38.1 Å². The lowest BCUT2D eigenvalue weighted by molar-refractivity contribution is -0.143. The molecule has 0 spiro atoms. The third-order valence-electron chi connectivity index (χ3n) is 6.88. The quantitative estimate of drug-likeness (QED) is 0.194. The van der Waals surface area contributed by atoms with Crippen molar-refractivity contribution in [2.75, 3.05) is 13.7 Å². The summed E-state index contributed by atoms with van der Waals surface area (Å²) in [6, 6.07) is 25.3. The summed E-state index contributed by atoms with van der Waals surface area (Å²) in [5.74, 6) is -0.473. The Hall–Kier alpha value is -3.53. The van der Waals surface area contributed by atoms with Crippen LogP contribution in [0.5, 0.6) is 5.75 Å². The van der Waals surface area contributed by atoms with Crippen LogP contribution in [0.25, 0.3) is 11.3 Å². The van der Waals surface area contributed by atoms with Gasteiger partial charge >= 0.3 is 6.18 Å². The van der Waals surface area contributed by atoms with Gasteiger partial charge in [0.05, 0.1) is 19.4 Å². The van der Waals surface area contributed by atoms with Gasteiger partial charge in [0.25, 0.3) is 8.32 Å². The van der Waals surface area contributed by atoms with E-state index in [9.17, 15) is 22.7 Å². The molecule has 0 bridgehead atoms.